The van der Waals surface area contributed by atoms with E-state index < -0.39 is 0 Å². The van der Waals surface area contributed by atoms with E-state index in [1.165, 1.54) is 23.8 Å². The molecular formula is C15H18N2O. The first-order valence-corrected chi connectivity index (χ1v) is 6.41. The largest absolute Gasteiger partial charge is 0.497 e. The summed E-state index contributed by atoms with van der Waals surface area (Å²) in [5.74, 6) is 0.858. The summed E-state index contributed by atoms with van der Waals surface area (Å²) in [4.78, 5) is 4.45. The predicted octanol–water partition coefficient (Wildman–Crippen LogP) is 2.84. The van der Waals surface area contributed by atoms with E-state index in [0.717, 1.165) is 17.8 Å². The van der Waals surface area contributed by atoms with Gasteiger partial charge in [-0.1, -0.05) is 0 Å². The van der Waals surface area contributed by atoms with Crippen molar-refractivity contribution in [1.29, 1.82) is 0 Å². The van der Waals surface area contributed by atoms with Crippen molar-refractivity contribution in [3.8, 4) is 5.75 Å². The molecule has 0 spiro atoms. The average molecular weight is 242 g/mol. The minimum absolute atomic E-state index is 0.0791. The van der Waals surface area contributed by atoms with Crippen LogP contribution in [0.2, 0.25) is 0 Å². The first-order chi connectivity index (χ1) is 8.73. The summed E-state index contributed by atoms with van der Waals surface area (Å²) in [6.45, 7) is 3.37. The molecule has 1 saturated heterocycles. The molecule has 2 heterocycles. The van der Waals surface area contributed by atoms with Crippen LogP contribution in [0.25, 0.3) is 10.9 Å². The van der Waals surface area contributed by atoms with Crippen LogP contribution < -0.4 is 10.1 Å². The maximum atomic E-state index is 5.26. The van der Waals surface area contributed by atoms with Gasteiger partial charge in [-0.2, -0.15) is 0 Å². The fourth-order valence-corrected chi connectivity index (χ4v) is 2.86. The Hall–Kier alpha value is -1.61. The summed E-state index contributed by atoms with van der Waals surface area (Å²) in [6, 6.07) is 8.25. The van der Waals surface area contributed by atoms with Crippen molar-refractivity contribution in [3.05, 3.63) is 36.0 Å². The lowest BCUT2D eigenvalue weighted by atomic mass is 9.88. The summed E-state index contributed by atoms with van der Waals surface area (Å²) >= 11 is 0. The summed E-state index contributed by atoms with van der Waals surface area (Å²) in [7, 11) is 1.69. The minimum atomic E-state index is 0.0791. The summed E-state index contributed by atoms with van der Waals surface area (Å²) in [5.41, 5.74) is 2.42. The van der Waals surface area contributed by atoms with E-state index in [9.17, 15) is 0 Å². The third-order valence-electron chi connectivity index (χ3n) is 3.91. The van der Waals surface area contributed by atoms with Gasteiger partial charge >= 0.3 is 0 Å². The average Bonchev–Trinajstić information content (AvgIpc) is 2.85. The maximum absolute atomic E-state index is 5.26. The molecule has 0 bridgehead atoms. The molecule has 1 unspecified atom stereocenters. The number of methoxy groups -OCH3 is 1. The van der Waals surface area contributed by atoms with E-state index in [4.69, 9.17) is 4.74 Å². The second-order valence-corrected chi connectivity index (χ2v) is 5.10. The summed E-state index contributed by atoms with van der Waals surface area (Å²) < 4.78 is 5.26. The molecule has 1 aromatic heterocycles. The van der Waals surface area contributed by atoms with Crippen LogP contribution in [0.4, 0.5) is 0 Å². The van der Waals surface area contributed by atoms with Crippen LogP contribution in [0.15, 0.2) is 30.5 Å². The zero-order valence-corrected chi connectivity index (χ0v) is 10.9. The van der Waals surface area contributed by atoms with Gasteiger partial charge in [0.25, 0.3) is 0 Å². The van der Waals surface area contributed by atoms with Crippen LogP contribution in [0.1, 0.15) is 25.3 Å². The van der Waals surface area contributed by atoms with Crippen LogP contribution >= 0.6 is 0 Å². The molecular weight excluding hydrogens is 224 g/mol. The molecule has 1 aliphatic heterocycles. The van der Waals surface area contributed by atoms with Crippen molar-refractivity contribution in [1.82, 2.24) is 10.3 Å². The first-order valence-electron chi connectivity index (χ1n) is 6.41. The number of benzene rings is 1. The topological polar surface area (TPSA) is 34.1 Å². The Balaban J connectivity index is 2.18. The quantitative estimate of drug-likeness (QED) is 0.879. The maximum Gasteiger partial charge on any atom is 0.121 e. The molecule has 3 rings (SSSR count). The molecule has 2 aromatic rings. The van der Waals surface area contributed by atoms with Gasteiger partial charge in [0.1, 0.15) is 5.75 Å². The molecule has 1 N–H and O–H groups in total. The lowest BCUT2D eigenvalue weighted by molar-refractivity contribution is 0.415. The molecule has 3 nitrogen and oxygen atoms in total. The lowest BCUT2D eigenvalue weighted by Gasteiger charge is -2.26. The van der Waals surface area contributed by atoms with Crippen LogP contribution in [-0.4, -0.2) is 18.6 Å². The molecule has 1 fully saturated rings. The Morgan fingerprint density at radius 3 is 2.94 bits per heavy atom. The van der Waals surface area contributed by atoms with Crippen molar-refractivity contribution in [2.45, 2.75) is 25.3 Å². The molecule has 1 aliphatic rings. The SMILES string of the molecule is COc1ccc2c(C3(C)CCCN3)ccnc2c1. The highest BCUT2D eigenvalue weighted by Crippen LogP contribution is 2.35. The Morgan fingerprint density at radius 1 is 1.33 bits per heavy atom. The number of fused-ring (bicyclic) bond motifs is 1. The van der Waals surface area contributed by atoms with Crippen LogP contribution in [0, 0.1) is 0 Å². The molecule has 0 amide bonds. The third-order valence-corrected chi connectivity index (χ3v) is 3.91. The van der Waals surface area contributed by atoms with Crippen molar-refractivity contribution in [2.75, 3.05) is 13.7 Å². The Kier molecular flexibility index (Phi) is 2.71. The molecule has 0 aliphatic carbocycles. The number of nitrogens with one attached hydrogen (secondary N) is 1. The van der Waals surface area contributed by atoms with E-state index in [0.29, 0.717) is 0 Å². The number of nitrogens with zero attached hydrogens (tertiary/aromatic N) is 1. The van der Waals surface area contributed by atoms with E-state index in [1.807, 2.05) is 18.3 Å². The number of ether oxygens (including phenoxy) is 1. The van der Waals surface area contributed by atoms with Gasteiger partial charge < -0.3 is 10.1 Å². The van der Waals surface area contributed by atoms with E-state index in [-0.39, 0.29) is 5.54 Å². The van der Waals surface area contributed by atoms with Gasteiger partial charge in [-0.05, 0) is 50.1 Å². The van der Waals surface area contributed by atoms with E-state index >= 15 is 0 Å². The number of hydrogen-bond donors (Lipinski definition) is 1. The van der Waals surface area contributed by atoms with Crippen molar-refractivity contribution in [2.24, 2.45) is 0 Å². The number of rotatable bonds is 2. The normalized spacial score (nSPS) is 23.4. The van der Waals surface area contributed by atoms with Crippen molar-refractivity contribution in [3.63, 3.8) is 0 Å². The number of pyridine rings is 1. The van der Waals surface area contributed by atoms with Crippen LogP contribution in [-0.2, 0) is 5.54 Å². The number of hydrogen-bond acceptors (Lipinski definition) is 3. The molecule has 1 atom stereocenters. The summed E-state index contributed by atoms with van der Waals surface area (Å²) in [5, 5.41) is 4.83. The van der Waals surface area contributed by atoms with Crippen molar-refractivity contribution >= 4 is 10.9 Å². The van der Waals surface area contributed by atoms with E-state index in [1.54, 1.807) is 7.11 Å². The standard InChI is InChI=1S/C15H18N2O/c1-15(7-3-8-17-15)13-6-9-16-14-10-11(18-2)4-5-12(13)14/h4-6,9-10,17H,3,7-8H2,1-2H3. The van der Waals surface area contributed by atoms with Crippen LogP contribution in [0.5, 0.6) is 5.75 Å². The van der Waals surface area contributed by atoms with Gasteiger partial charge in [0, 0.05) is 23.2 Å². The monoisotopic (exact) mass is 242 g/mol. The second kappa shape index (κ2) is 4.25. The van der Waals surface area contributed by atoms with Crippen LogP contribution in [0.3, 0.4) is 0 Å². The van der Waals surface area contributed by atoms with Gasteiger partial charge in [0.05, 0.1) is 12.6 Å². The fourth-order valence-electron chi connectivity index (χ4n) is 2.86. The Labute approximate surface area is 107 Å². The highest BCUT2D eigenvalue weighted by molar-refractivity contribution is 5.84. The molecule has 0 radical (unpaired) electrons. The lowest BCUT2D eigenvalue weighted by Crippen LogP contribution is -2.33. The van der Waals surface area contributed by atoms with Gasteiger partial charge in [-0.15, -0.1) is 0 Å². The highest BCUT2D eigenvalue weighted by atomic mass is 16.5. The molecule has 1 aromatic carbocycles. The van der Waals surface area contributed by atoms with E-state index in [2.05, 4.69) is 29.4 Å². The third kappa shape index (κ3) is 1.75. The van der Waals surface area contributed by atoms with Gasteiger partial charge in [0.2, 0.25) is 0 Å². The zero-order valence-electron chi connectivity index (χ0n) is 10.9. The Morgan fingerprint density at radius 2 is 2.22 bits per heavy atom. The van der Waals surface area contributed by atoms with Gasteiger partial charge in [0.15, 0.2) is 0 Å². The Bertz CT molecular complexity index is 574. The molecule has 3 heteroatoms. The second-order valence-electron chi connectivity index (χ2n) is 5.10. The number of aromatic nitrogens is 1. The van der Waals surface area contributed by atoms with Crippen molar-refractivity contribution < 1.29 is 4.74 Å². The highest BCUT2D eigenvalue weighted by Gasteiger charge is 2.31. The fraction of sp³-hybridized carbons (Fsp3) is 0.400. The van der Waals surface area contributed by atoms with Gasteiger partial charge in [-0.3, -0.25) is 4.98 Å². The van der Waals surface area contributed by atoms with Gasteiger partial charge in [-0.25, -0.2) is 0 Å². The summed E-state index contributed by atoms with van der Waals surface area (Å²) in [6.07, 6.45) is 4.30. The molecule has 0 saturated carbocycles. The molecule has 94 valence electrons. The smallest absolute Gasteiger partial charge is 0.121 e. The first kappa shape index (κ1) is 11.5. The molecule has 18 heavy (non-hydrogen) atoms. The zero-order chi connectivity index (χ0) is 12.6. The minimum Gasteiger partial charge on any atom is -0.497 e. The predicted molar refractivity (Wildman–Crippen MR) is 72.9 cm³/mol.